The highest BCUT2D eigenvalue weighted by molar-refractivity contribution is 5.71. The van der Waals surface area contributed by atoms with Gasteiger partial charge in [0.15, 0.2) is 6.10 Å². The molecule has 6 nitrogen and oxygen atoms in total. The first-order valence-corrected chi connectivity index (χ1v) is 8.05. The number of amides is 1. The maximum atomic E-state index is 11.8. The second kappa shape index (κ2) is 7.03. The van der Waals surface area contributed by atoms with Gasteiger partial charge in [-0.15, -0.1) is 0 Å². The highest BCUT2D eigenvalue weighted by atomic mass is 16.6. The van der Waals surface area contributed by atoms with Gasteiger partial charge in [0.05, 0.1) is 5.69 Å². The van der Waals surface area contributed by atoms with E-state index >= 15 is 0 Å². The van der Waals surface area contributed by atoms with Crippen molar-refractivity contribution in [1.82, 2.24) is 20.3 Å². The Hall–Kier alpha value is -3.72. The molecule has 1 amide bonds. The van der Waals surface area contributed by atoms with Crippen LogP contribution >= 0.6 is 0 Å². The lowest BCUT2D eigenvalue weighted by Crippen LogP contribution is -2.20. The van der Waals surface area contributed by atoms with Crippen molar-refractivity contribution >= 4 is 6.09 Å². The van der Waals surface area contributed by atoms with Crippen LogP contribution in [-0.4, -0.2) is 21.0 Å². The first-order chi connectivity index (χ1) is 12.8. The number of aromatic nitrogens is 3. The maximum Gasteiger partial charge on any atom is 0.408 e. The molecule has 126 valence electrons. The molecule has 0 radical (unpaired) electrons. The zero-order valence-electron chi connectivity index (χ0n) is 13.7. The van der Waals surface area contributed by atoms with Crippen LogP contribution in [0.1, 0.15) is 34.5 Å². The molecular formula is C20H14N4O2. The molecule has 2 atom stereocenters. The van der Waals surface area contributed by atoms with Gasteiger partial charge >= 0.3 is 6.09 Å². The normalized spacial score (nSPS) is 18.4. The Labute approximate surface area is 150 Å². The number of cyclic esters (lactones) is 1. The lowest BCUT2D eigenvalue weighted by molar-refractivity contribution is 0.129. The predicted molar refractivity (Wildman–Crippen MR) is 93.8 cm³/mol. The number of carbonyl (C=O) groups is 1. The maximum absolute atomic E-state index is 11.8. The van der Waals surface area contributed by atoms with Gasteiger partial charge in [-0.2, -0.15) is 0 Å². The molecule has 1 aromatic carbocycles. The monoisotopic (exact) mass is 342 g/mol. The zero-order valence-corrected chi connectivity index (χ0v) is 13.7. The van der Waals surface area contributed by atoms with Crippen LogP contribution in [0.25, 0.3) is 0 Å². The van der Waals surface area contributed by atoms with Crippen LogP contribution in [-0.2, 0) is 4.74 Å². The van der Waals surface area contributed by atoms with E-state index in [-0.39, 0.29) is 6.04 Å². The van der Waals surface area contributed by atoms with Crippen molar-refractivity contribution in [3.05, 3.63) is 89.8 Å². The standard InChI is InChI=1S/C20H14N4O2/c25-20-24-18(19(26-20)17-8-10-22-13-23-17)16-5-1-3-14(11-16)6-7-15-4-2-9-21-12-15/h1-5,8-13,18-19H,(H,24,25)/t18-,19-/m0/s1. The minimum Gasteiger partial charge on any atom is -0.437 e. The summed E-state index contributed by atoms with van der Waals surface area (Å²) in [6.07, 6.45) is 5.52. The fourth-order valence-corrected chi connectivity index (χ4v) is 2.77. The van der Waals surface area contributed by atoms with Crippen LogP contribution in [0, 0.1) is 11.8 Å². The van der Waals surface area contributed by atoms with E-state index in [9.17, 15) is 4.79 Å². The van der Waals surface area contributed by atoms with Crippen LogP contribution in [0.2, 0.25) is 0 Å². The molecule has 0 bridgehead atoms. The Balaban J connectivity index is 1.63. The number of hydrogen-bond donors (Lipinski definition) is 1. The number of hydrogen-bond acceptors (Lipinski definition) is 5. The molecule has 1 aliphatic rings. The summed E-state index contributed by atoms with van der Waals surface area (Å²) in [6, 6.07) is 12.9. The van der Waals surface area contributed by atoms with Crippen LogP contribution in [0.3, 0.4) is 0 Å². The van der Waals surface area contributed by atoms with Gasteiger partial charge in [-0.3, -0.25) is 4.98 Å². The van der Waals surface area contributed by atoms with Gasteiger partial charge in [0, 0.05) is 29.7 Å². The SMILES string of the molecule is O=C1N[C@@H](c2cccc(C#Cc3cccnc3)c2)[C@H](c2ccncn2)O1. The minimum atomic E-state index is -0.507. The second-order valence-corrected chi connectivity index (χ2v) is 5.70. The van der Waals surface area contributed by atoms with Crippen molar-refractivity contribution in [2.45, 2.75) is 12.1 Å². The quantitative estimate of drug-likeness (QED) is 0.725. The Kier molecular flexibility index (Phi) is 4.27. The summed E-state index contributed by atoms with van der Waals surface area (Å²) < 4.78 is 5.40. The van der Waals surface area contributed by atoms with E-state index in [1.54, 1.807) is 24.7 Å². The lowest BCUT2D eigenvalue weighted by Gasteiger charge is -2.16. The summed E-state index contributed by atoms with van der Waals surface area (Å²) in [5.41, 5.74) is 3.23. The van der Waals surface area contributed by atoms with E-state index in [2.05, 4.69) is 32.1 Å². The average molecular weight is 342 g/mol. The fourth-order valence-electron chi connectivity index (χ4n) is 2.77. The molecule has 1 N–H and O–H groups in total. The first-order valence-electron chi connectivity index (χ1n) is 8.05. The molecule has 1 saturated heterocycles. The summed E-state index contributed by atoms with van der Waals surface area (Å²) in [5.74, 6) is 6.20. The van der Waals surface area contributed by atoms with Gasteiger partial charge in [0.1, 0.15) is 12.4 Å². The van der Waals surface area contributed by atoms with Crippen molar-refractivity contribution in [2.24, 2.45) is 0 Å². The van der Waals surface area contributed by atoms with Crippen molar-refractivity contribution in [3.63, 3.8) is 0 Å². The van der Waals surface area contributed by atoms with Crippen LogP contribution < -0.4 is 5.32 Å². The largest absolute Gasteiger partial charge is 0.437 e. The summed E-state index contributed by atoms with van der Waals surface area (Å²) in [6.45, 7) is 0. The van der Waals surface area contributed by atoms with Crippen LogP contribution in [0.4, 0.5) is 4.79 Å². The topological polar surface area (TPSA) is 77.0 Å². The summed E-state index contributed by atoms with van der Waals surface area (Å²) in [7, 11) is 0. The third-order valence-electron chi connectivity index (χ3n) is 3.96. The van der Waals surface area contributed by atoms with Gasteiger partial charge in [0.25, 0.3) is 0 Å². The van der Waals surface area contributed by atoms with Crippen LogP contribution in [0.15, 0.2) is 67.4 Å². The number of nitrogens with zero attached hydrogens (tertiary/aromatic N) is 3. The molecule has 0 saturated carbocycles. The van der Waals surface area contributed by atoms with Gasteiger partial charge in [-0.1, -0.05) is 24.0 Å². The molecule has 3 heterocycles. The predicted octanol–water partition coefficient (Wildman–Crippen LogP) is 2.79. The molecule has 0 unspecified atom stereocenters. The molecular weight excluding hydrogens is 328 g/mol. The van der Waals surface area contributed by atoms with E-state index in [1.165, 1.54) is 6.33 Å². The number of rotatable bonds is 2. The first kappa shape index (κ1) is 15.8. The fraction of sp³-hybridized carbons (Fsp3) is 0.100. The minimum absolute atomic E-state index is 0.336. The number of nitrogens with one attached hydrogen (secondary N) is 1. The summed E-state index contributed by atoms with van der Waals surface area (Å²) in [5, 5.41) is 2.84. The van der Waals surface area contributed by atoms with E-state index < -0.39 is 12.2 Å². The Bertz CT molecular complexity index is 981. The van der Waals surface area contributed by atoms with E-state index in [1.807, 2.05) is 36.4 Å². The highest BCUT2D eigenvalue weighted by Gasteiger charge is 2.37. The van der Waals surface area contributed by atoms with Crippen molar-refractivity contribution in [3.8, 4) is 11.8 Å². The third-order valence-corrected chi connectivity index (χ3v) is 3.96. The number of alkyl carbamates (subject to hydrolysis) is 1. The molecule has 3 aromatic rings. The van der Waals surface area contributed by atoms with E-state index in [0.717, 1.165) is 16.7 Å². The average Bonchev–Trinajstić information content (AvgIpc) is 3.10. The molecule has 1 fully saturated rings. The highest BCUT2D eigenvalue weighted by Crippen LogP contribution is 2.35. The molecule has 2 aromatic heterocycles. The zero-order chi connectivity index (χ0) is 17.8. The van der Waals surface area contributed by atoms with Gasteiger partial charge in [-0.05, 0) is 35.9 Å². The Morgan fingerprint density at radius 3 is 2.69 bits per heavy atom. The second-order valence-electron chi connectivity index (χ2n) is 5.70. The Morgan fingerprint density at radius 1 is 1.00 bits per heavy atom. The number of pyridine rings is 1. The van der Waals surface area contributed by atoms with Gasteiger partial charge in [-0.25, -0.2) is 14.8 Å². The Morgan fingerprint density at radius 2 is 1.88 bits per heavy atom. The number of ether oxygens (including phenoxy) is 1. The van der Waals surface area contributed by atoms with Crippen molar-refractivity contribution < 1.29 is 9.53 Å². The number of carbonyl (C=O) groups excluding carboxylic acids is 1. The smallest absolute Gasteiger partial charge is 0.408 e. The van der Waals surface area contributed by atoms with Crippen LogP contribution in [0.5, 0.6) is 0 Å². The third kappa shape index (κ3) is 3.37. The van der Waals surface area contributed by atoms with Crippen molar-refractivity contribution in [1.29, 1.82) is 0 Å². The summed E-state index contributed by atoms with van der Waals surface area (Å²) >= 11 is 0. The molecule has 0 spiro atoms. The molecule has 0 aliphatic carbocycles. The van der Waals surface area contributed by atoms with E-state index in [0.29, 0.717) is 5.69 Å². The van der Waals surface area contributed by atoms with Gasteiger partial charge in [0.2, 0.25) is 0 Å². The molecule has 4 rings (SSSR count). The number of benzene rings is 1. The molecule has 6 heteroatoms. The molecule has 1 aliphatic heterocycles. The van der Waals surface area contributed by atoms with Crippen molar-refractivity contribution in [2.75, 3.05) is 0 Å². The van der Waals surface area contributed by atoms with E-state index in [4.69, 9.17) is 4.74 Å². The lowest BCUT2D eigenvalue weighted by atomic mass is 9.98. The molecule has 26 heavy (non-hydrogen) atoms. The summed E-state index contributed by atoms with van der Waals surface area (Å²) in [4.78, 5) is 24.0. The van der Waals surface area contributed by atoms with Gasteiger partial charge < -0.3 is 10.1 Å².